The van der Waals surface area contributed by atoms with E-state index >= 15 is 0 Å². The molecule has 34 heavy (non-hydrogen) atoms. The molecule has 0 spiro atoms. The maximum Gasteiger partial charge on any atom is 0.407 e. The second-order valence-corrected chi connectivity index (χ2v) is 9.04. The number of fused-ring (bicyclic) bond motifs is 3. The van der Waals surface area contributed by atoms with Gasteiger partial charge in [0.15, 0.2) is 6.10 Å². The number of carboxylic acids is 1. The first-order valence-electron chi connectivity index (χ1n) is 10.6. The van der Waals surface area contributed by atoms with E-state index < -0.39 is 30.6 Å². The van der Waals surface area contributed by atoms with E-state index in [2.05, 4.69) is 27.8 Å². The zero-order valence-corrected chi connectivity index (χ0v) is 19.1. The van der Waals surface area contributed by atoms with E-state index in [4.69, 9.17) is 9.84 Å². The number of rotatable bonds is 8. The highest BCUT2D eigenvalue weighted by Crippen LogP contribution is 2.44. The number of carboxylic acid groups (broad SMARTS) is 1. The Kier molecular flexibility index (Phi) is 6.90. The Hall–Kier alpha value is -3.76. The van der Waals surface area contributed by atoms with Gasteiger partial charge in [-0.3, -0.25) is 4.79 Å². The number of carbonyl (C=O) groups excluding carboxylic acids is 2. The smallest absolute Gasteiger partial charge is 0.407 e. The van der Waals surface area contributed by atoms with Crippen LogP contribution >= 0.6 is 11.3 Å². The van der Waals surface area contributed by atoms with E-state index in [9.17, 15) is 19.5 Å². The van der Waals surface area contributed by atoms with Crippen molar-refractivity contribution in [2.24, 2.45) is 0 Å². The van der Waals surface area contributed by atoms with Crippen LogP contribution in [0, 0.1) is 6.92 Å². The minimum atomic E-state index is -1.70. The molecule has 1 aliphatic rings. The molecule has 4 N–H and O–H groups in total. The molecule has 0 radical (unpaired) electrons. The van der Waals surface area contributed by atoms with Crippen LogP contribution in [0.3, 0.4) is 0 Å². The molecule has 2 amide bonds. The Labute approximate surface area is 199 Å². The lowest BCUT2D eigenvalue weighted by molar-refractivity contribution is -0.146. The molecular formula is C24H23N3O6S. The minimum absolute atomic E-state index is 0.0447. The maximum absolute atomic E-state index is 12.3. The number of aliphatic carboxylic acids is 1. The van der Waals surface area contributed by atoms with Crippen LogP contribution in [0.4, 0.5) is 4.79 Å². The van der Waals surface area contributed by atoms with Crippen molar-refractivity contribution in [1.82, 2.24) is 15.6 Å². The third-order valence-corrected chi connectivity index (χ3v) is 6.50. The molecule has 0 aliphatic heterocycles. The molecular weight excluding hydrogens is 458 g/mol. The first-order valence-corrected chi connectivity index (χ1v) is 11.4. The molecule has 1 atom stereocenters. The van der Waals surface area contributed by atoms with Crippen LogP contribution in [-0.4, -0.2) is 52.4 Å². The van der Waals surface area contributed by atoms with Crippen LogP contribution in [0.1, 0.15) is 37.4 Å². The average molecular weight is 482 g/mol. The van der Waals surface area contributed by atoms with E-state index in [1.54, 1.807) is 6.92 Å². The number of thiazole rings is 1. The van der Waals surface area contributed by atoms with E-state index in [1.165, 1.54) is 11.3 Å². The number of nitrogens with one attached hydrogen (secondary N) is 2. The van der Waals surface area contributed by atoms with Gasteiger partial charge in [-0.15, -0.1) is 11.3 Å². The van der Waals surface area contributed by atoms with Crippen molar-refractivity contribution in [2.45, 2.75) is 25.5 Å². The molecule has 0 bridgehead atoms. The summed E-state index contributed by atoms with van der Waals surface area (Å²) >= 11 is 1.23. The number of carbonyl (C=O) groups is 3. The summed E-state index contributed by atoms with van der Waals surface area (Å²) in [5.41, 5.74) is 4.65. The molecule has 9 nitrogen and oxygen atoms in total. The Morgan fingerprint density at radius 2 is 1.68 bits per heavy atom. The third kappa shape index (κ3) is 4.92. The van der Waals surface area contributed by atoms with Gasteiger partial charge >= 0.3 is 12.1 Å². The summed E-state index contributed by atoms with van der Waals surface area (Å²) in [4.78, 5) is 40.0. The SMILES string of the molecule is Cc1sc(CNC(=O)OCC2c3ccccc3-c3ccccc32)nc1C(=O)NCC(O)C(=O)O. The summed E-state index contributed by atoms with van der Waals surface area (Å²) in [5, 5.41) is 23.5. The van der Waals surface area contributed by atoms with Crippen molar-refractivity contribution in [3.8, 4) is 11.1 Å². The first-order chi connectivity index (χ1) is 16.3. The molecule has 0 fully saturated rings. The molecule has 1 aromatic heterocycles. The summed E-state index contributed by atoms with van der Waals surface area (Å²) in [6, 6.07) is 16.1. The molecule has 2 aromatic carbocycles. The van der Waals surface area contributed by atoms with Crippen LogP contribution < -0.4 is 10.6 Å². The van der Waals surface area contributed by atoms with Crippen molar-refractivity contribution in [3.63, 3.8) is 0 Å². The fraction of sp³-hybridized carbons (Fsp3) is 0.250. The highest BCUT2D eigenvalue weighted by Gasteiger charge is 2.29. The Bertz CT molecular complexity index is 1200. The second kappa shape index (κ2) is 10.0. The second-order valence-electron chi connectivity index (χ2n) is 7.76. The normalized spacial score (nSPS) is 13.0. The predicted octanol–water partition coefficient (Wildman–Crippen LogP) is 2.67. The van der Waals surface area contributed by atoms with Gasteiger partial charge in [-0.05, 0) is 29.2 Å². The van der Waals surface area contributed by atoms with Gasteiger partial charge in [0.2, 0.25) is 0 Å². The average Bonchev–Trinajstić information content (AvgIpc) is 3.37. The number of benzene rings is 2. The fourth-order valence-electron chi connectivity index (χ4n) is 3.90. The third-order valence-electron chi connectivity index (χ3n) is 5.52. The van der Waals surface area contributed by atoms with Gasteiger partial charge in [-0.25, -0.2) is 14.6 Å². The number of hydrogen-bond acceptors (Lipinski definition) is 7. The maximum atomic E-state index is 12.3. The summed E-state index contributed by atoms with van der Waals surface area (Å²) in [7, 11) is 0. The lowest BCUT2D eigenvalue weighted by Crippen LogP contribution is -2.36. The summed E-state index contributed by atoms with van der Waals surface area (Å²) < 4.78 is 5.50. The predicted molar refractivity (Wildman–Crippen MR) is 125 cm³/mol. The van der Waals surface area contributed by atoms with Crippen molar-refractivity contribution in [1.29, 1.82) is 0 Å². The molecule has 4 rings (SSSR count). The first kappa shape index (κ1) is 23.4. The van der Waals surface area contributed by atoms with Gasteiger partial charge in [0.05, 0.1) is 13.1 Å². The van der Waals surface area contributed by atoms with Crippen molar-refractivity contribution in [2.75, 3.05) is 13.2 Å². The highest BCUT2D eigenvalue weighted by molar-refractivity contribution is 7.11. The monoisotopic (exact) mass is 481 g/mol. The molecule has 1 heterocycles. The zero-order valence-electron chi connectivity index (χ0n) is 18.3. The van der Waals surface area contributed by atoms with Gasteiger partial charge < -0.3 is 25.6 Å². The fourth-order valence-corrected chi connectivity index (χ4v) is 4.76. The number of amides is 2. The number of alkyl carbamates (subject to hydrolysis) is 1. The summed E-state index contributed by atoms with van der Waals surface area (Å²) in [6.45, 7) is 1.53. The van der Waals surface area contributed by atoms with E-state index in [-0.39, 0.29) is 24.8 Å². The number of hydrogen-bond donors (Lipinski definition) is 4. The number of aliphatic hydroxyl groups excluding tert-OH is 1. The lowest BCUT2D eigenvalue weighted by Gasteiger charge is -2.14. The van der Waals surface area contributed by atoms with Crippen LogP contribution in [-0.2, 0) is 16.1 Å². The largest absolute Gasteiger partial charge is 0.479 e. The molecule has 0 saturated heterocycles. The number of aromatic nitrogens is 1. The summed E-state index contributed by atoms with van der Waals surface area (Å²) in [5.74, 6) is -2.07. The summed E-state index contributed by atoms with van der Waals surface area (Å²) in [6.07, 6.45) is -2.29. The van der Waals surface area contributed by atoms with Gasteiger partial charge in [0, 0.05) is 10.8 Å². The van der Waals surface area contributed by atoms with E-state index in [1.807, 2.05) is 36.4 Å². The van der Waals surface area contributed by atoms with Crippen LogP contribution in [0.25, 0.3) is 11.1 Å². The number of aryl methyl sites for hydroxylation is 1. The molecule has 176 valence electrons. The van der Waals surface area contributed by atoms with Crippen molar-refractivity contribution < 1.29 is 29.3 Å². The van der Waals surface area contributed by atoms with E-state index in [0.29, 0.717) is 9.88 Å². The van der Waals surface area contributed by atoms with Gasteiger partial charge in [-0.2, -0.15) is 0 Å². The van der Waals surface area contributed by atoms with Crippen LogP contribution in [0.5, 0.6) is 0 Å². The Morgan fingerprint density at radius 1 is 1.06 bits per heavy atom. The quantitative estimate of drug-likeness (QED) is 0.388. The van der Waals surface area contributed by atoms with E-state index in [0.717, 1.165) is 22.3 Å². The zero-order chi connectivity index (χ0) is 24.2. The Morgan fingerprint density at radius 3 is 2.29 bits per heavy atom. The number of ether oxygens (including phenoxy) is 1. The molecule has 1 aliphatic carbocycles. The van der Waals surface area contributed by atoms with Gasteiger partial charge in [-0.1, -0.05) is 48.5 Å². The van der Waals surface area contributed by atoms with Crippen molar-refractivity contribution in [3.05, 3.63) is 75.2 Å². The molecule has 10 heteroatoms. The van der Waals surface area contributed by atoms with Crippen LogP contribution in [0.15, 0.2) is 48.5 Å². The molecule has 0 saturated carbocycles. The van der Waals surface area contributed by atoms with Crippen LogP contribution in [0.2, 0.25) is 0 Å². The van der Waals surface area contributed by atoms with Gasteiger partial charge in [0.1, 0.15) is 17.3 Å². The standard InChI is InChI=1S/C24H23N3O6S/c1-13-21(22(29)25-10-19(28)23(30)31)27-20(34-13)11-26-24(32)33-12-18-16-8-4-2-6-14(16)15-7-3-5-9-17(15)18/h2-9,18-19,28H,10-12H2,1H3,(H,25,29)(H,26,32)(H,30,31). The number of nitrogens with zero attached hydrogens (tertiary/aromatic N) is 1. The Balaban J connectivity index is 1.32. The minimum Gasteiger partial charge on any atom is -0.479 e. The highest BCUT2D eigenvalue weighted by atomic mass is 32.1. The van der Waals surface area contributed by atoms with Crippen molar-refractivity contribution >= 4 is 29.3 Å². The van der Waals surface area contributed by atoms with Gasteiger partial charge in [0.25, 0.3) is 5.91 Å². The topological polar surface area (TPSA) is 138 Å². The molecule has 1 unspecified atom stereocenters. The number of aliphatic hydroxyl groups is 1. The molecule has 3 aromatic rings. The lowest BCUT2D eigenvalue weighted by atomic mass is 9.98.